The molecule has 0 saturated carbocycles. The molecule has 1 unspecified atom stereocenters. The number of likely N-dealkylation sites (tertiary alicyclic amines) is 3. The highest BCUT2D eigenvalue weighted by atomic mass is 19.1. The molecule has 1 aromatic rings. The number of methoxy groups -OCH3 is 1. The van der Waals surface area contributed by atoms with Crippen LogP contribution in [0.25, 0.3) is 0 Å². The lowest BCUT2D eigenvalue weighted by Gasteiger charge is -2.47. The van der Waals surface area contributed by atoms with Gasteiger partial charge in [-0.3, -0.25) is 9.69 Å². The Morgan fingerprint density at radius 1 is 1.19 bits per heavy atom. The molecule has 0 bridgehead atoms. The van der Waals surface area contributed by atoms with E-state index in [0.29, 0.717) is 25.4 Å². The summed E-state index contributed by atoms with van der Waals surface area (Å²) in [5.41, 5.74) is -0.0166. The van der Waals surface area contributed by atoms with Crippen LogP contribution >= 0.6 is 0 Å². The van der Waals surface area contributed by atoms with E-state index in [1.807, 2.05) is 11.8 Å². The highest BCUT2D eigenvalue weighted by Gasteiger charge is 2.64. The van der Waals surface area contributed by atoms with Crippen molar-refractivity contribution in [3.8, 4) is 0 Å². The number of ether oxygens (including phenoxy) is 1. The summed E-state index contributed by atoms with van der Waals surface area (Å²) in [5, 5.41) is 2.80. The molecule has 4 rings (SSSR count). The lowest BCUT2D eigenvalue weighted by molar-refractivity contribution is -0.141. The maximum atomic E-state index is 13.5. The summed E-state index contributed by atoms with van der Waals surface area (Å²) in [6.07, 6.45) is 2.49. The Morgan fingerprint density at radius 3 is 2.61 bits per heavy atom. The van der Waals surface area contributed by atoms with Crippen molar-refractivity contribution in [3.05, 3.63) is 30.1 Å². The molecule has 7 nitrogen and oxygen atoms in total. The predicted molar refractivity (Wildman–Crippen MR) is 116 cm³/mol. The molecule has 31 heavy (non-hydrogen) atoms. The fraction of sp³-hybridized carbons (Fsp3) is 0.652. The van der Waals surface area contributed by atoms with Gasteiger partial charge in [-0.05, 0) is 44.4 Å². The van der Waals surface area contributed by atoms with Gasteiger partial charge in [-0.25, -0.2) is 9.18 Å². The maximum absolute atomic E-state index is 13.5. The van der Waals surface area contributed by atoms with E-state index in [1.54, 1.807) is 24.1 Å². The minimum Gasteiger partial charge on any atom is -0.383 e. The van der Waals surface area contributed by atoms with Crippen molar-refractivity contribution >= 4 is 17.6 Å². The van der Waals surface area contributed by atoms with E-state index in [2.05, 4.69) is 10.2 Å². The zero-order valence-corrected chi connectivity index (χ0v) is 18.5. The molecule has 0 radical (unpaired) electrons. The van der Waals surface area contributed by atoms with Crippen LogP contribution in [0.3, 0.4) is 0 Å². The summed E-state index contributed by atoms with van der Waals surface area (Å²) < 4.78 is 18.7. The molecular weight excluding hydrogens is 399 g/mol. The van der Waals surface area contributed by atoms with Crippen molar-refractivity contribution in [2.75, 3.05) is 64.8 Å². The SMILES string of the molecule is CCN1CCC2(CN(CCOC)CC23CCN(C(=O)Nc2cccc(F)c2)CC3)C1=O. The van der Waals surface area contributed by atoms with Gasteiger partial charge in [0.05, 0.1) is 12.0 Å². The van der Waals surface area contributed by atoms with Gasteiger partial charge in [-0.1, -0.05) is 6.07 Å². The number of anilines is 1. The van der Waals surface area contributed by atoms with Gasteiger partial charge in [0.15, 0.2) is 0 Å². The van der Waals surface area contributed by atoms with Crippen molar-refractivity contribution in [1.82, 2.24) is 14.7 Å². The number of hydrogen-bond donors (Lipinski definition) is 1. The van der Waals surface area contributed by atoms with E-state index in [9.17, 15) is 14.0 Å². The maximum Gasteiger partial charge on any atom is 0.321 e. The third-order valence-electron chi connectivity index (χ3n) is 7.62. The van der Waals surface area contributed by atoms with Gasteiger partial charge in [-0.2, -0.15) is 0 Å². The second-order valence-electron chi connectivity index (χ2n) is 9.13. The lowest BCUT2D eigenvalue weighted by Crippen LogP contribution is -2.54. The fourth-order valence-corrected chi connectivity index (χ4v) is 5.88. The number of halogens is 1. The number of amides is 3. The minimum absolute atomic E-state index is 0.114. The Bertz CT molecular complexity index is 827. The third kappa shape index (κ3) is 3.91. The molecule has 3 aliphatic heterocycles. The van der Waals surface area contributed by atoms with Gasteiger partial charge in [-0.15, -0.1) is 0 Å². The first-order chi connectivity index (χ1) is 14.9. The van der Waals surface area contributed by atoms with Gasteiger partial charge >= 0.3 is 6.03 Å². The Kier molecular flexibility index (Phi) is 6.21. The molecule has 3 fully saturated rings. The summed E-state index contributed by atoms with van der Waals surface area (Å²) >= 11 is 0. The number of rotatable bonds is 5. The van der Waals surface area contributed by atoms with E-state index in [4.69, 9.17) is 4.74 Å². The number of piperidine rings is 1. The number of hydrogen-bond acceptors (Lipinski definition) is 4. The molecule has 8 heteroatoms. The van der Waals surface area contributed by atoms with Gasteiger partial charge < -0.3 is 19.9 Å². The molecule has 170 valence electrons. The largest absolute Gasteiger partial charge is 0.383 e. The van der Waals surface area contributed by atoms with Crippen molar-refractivity contribution in [1.29, 1.82) is 0 Å². The average molecular weight is 433 g/mol. The first-order valence-corrected chi connectivity index (χ1v) is 11.3. The highest BCUT2D eigenvalue weighted by Crippen LogP contribution is 2.57. The molecule has 3 heterocycles. The highest BCUT2D eigenvalue weighted by molar-refractivity contribution is 5.89. The third-order valence-corrected chi connectivity index (χ3v) is 7.62. The number of nitrogens with zero attached hydrogens (tertiary/aromatic N) is 3. The van der Waals surface area contributed by atoms with E-state index in [-0.39, 0.29) is 28.6 Å². The van der Waals surface area contributed by atoms with Crippen LogP contribution in [-0.2, 0) is 9.53 Å². The molecule has 1 aromatic carbocycles. The molecule has 0 aliphatic carbocycles. The Hall–Kier alpha value is -2.19. The number of benzene rings is 1. The molecule has 1 N–H and O–H groups in total. The van der Waals surface area contributed by atoms with Crippen LogP contribution in [0.2, 0.25) is 0 Å². The first-order valence-electron chi connectivity index (χ1n) is 11.3. The van der Waals surface area contributed by atoms with E-state index >= 15 is 0 Å². The number of carbonyl (C=O) groups excluding carboxylic acids is 2. The molecule has 0 aromatic heterocycles. The van der Waals surface area contributed by atoms with Crippen molar-refractivity contribution in [2.45, 2.75) is 26.2 Å². The molecule has 3 aliphatic rings. The number of fused-ring (bicyclic) bond motifs is 1. The monoisotopic (exact) mass is 432 g/mol. The predicted octanol–water partition coefficient (Wildman–Crippen LogP) is 2.64. The van der Waals surface area contributed by atoms with Crippen molar-refractivity contribution < 1.29 is 18.7 Å². The summed E-state index contributed by atoms with van der Waals surface area (Å²) in [5.74, 6) is -0.0905. The zero-order chi connectivity index (χ0) is 22.1. The van der Waals surface area contributed by atoms with Crippen LogP contribution in [0, 0.1) is 16.6 Å². The summed E-state index contributed by atoms with van der Waals surface area (Å²) in [6.45, 7) is 7.93. The minimum atomic E-state index is -0.375. The van der Waals surface area contributed by atoms with Crippen LogP contribution in [0.5, 0.6) is 0 Å². The van der Waals surface area contributed by atoms with Crippen LogP contribution in [0.1, 0.15) is 26.2 Å². The Morgan fingerprint density at radius 2 is 1.97 bits per heavy atom. The van der Waals surface area contributed by atoms with E-state index < -0.39 is 0 Å². The van der Waals surface area contributed by atoms with Gasteiger partial charge in [0.25, 0.3) is 0 Å². The first kappa shape index (κ1) is 22.0. The van der Waals surface area contributed by atoms with Gasteiger partial charge in [0.1, 0.15) is 5.82 Å². The van der Waals surface area contributed by atoms with Crippen LogP contribution in [0.15, 0.2) is 24.3 Å². The van der Waals surface area contributed by atoms with Crippen LogP contribution in [0.4, 0.5) is 14.9 Å². The topological polar surface area (TPSA) is 65.1 Å². The van der Waals surface area contributed by atoms with Gasteiger partial charge in [0.2, 0.25) is 5.91 Å². The van der Waals surface area contributed by atoms with Crippen LogP contribution < -0.4 is 5.32 Å². The quantitative estimate of drug-likeness (QED) is 0.777. The summed E-state index contributed by atoms with van der Waals surface area (Å²) in [6, 6.07) is 5.73. The molecule has 1 atom stereocenters. The zero-order valence-electron chi connectivity index (χ0n) is 18.5. The average Bonchev–Trinajstić information content (AvgIpc) is 3.24. The van der Waals surface area contributed by atoms with Crippen LogP contribution in [-0.4, -0.2) is 86.2 Å². The molecular formula is C23H33FN4O3. The molecule has 3 saturated heterocycles. The number of urea groups is 1. The summed E-state index contributed by atoms with van der Waals surface area (Å²) in [7, 11) is 1.71. The van der Waals surface area contributed by atoms with Crippen molar-refractivity contribution in [2.24, 2.45) is 10.8 Å². The molecule has 2 spiro atoms. The second-order valence-corrected chi connectivity index (χ2v) is 9.13. The number of carbonyl (C=O) groups is 2. The second kappa shape index (κ2) is 8.74. The smallest absolute Gasteiger partial charge is 0.321 e. The summed E-state index contributed by atoms with van der Waals surface area (Å²) in [4.78, 5) is 32.4. The number of nitrogens with one attached hydrogen (secondary N) is 1. The van der Waals surface area contributed by atoms with E-state index in [1.165, 1.54) is 12.1 Å². The lowest BCUT2D eigenvalue weighted by atomic mass is 9.60. The molecule has 3 amide bonds. The van der Waals surface area contributed by atoms with E-state index in [0.717, 1.165) is 52.0 Å². The van der Waals surface area contributed by atoms with Gasteiger partial charge in [0, 0.05) is 64.0 Å². The Labute approximate surface area is 183 Å². The van der Waals surface area contributed by atoms with Crippen molar-refractivity contribution in [3.63, 3.8) is 0 Å². The normalized spacial score (nSPS) is 25.7. The standard InChI is InChI=1S/C23H33FN4O3/c1-3-27-12-9-23(20(27)29)17-26(13-14-31-2)16-22(23)7-10-28(11-8-22)21(30)25-19-6-4-5-18(24)15-19/h4-6,15H,3,7-14,16-17H2,1-2H3,(H,25,30). The Balaban J connectivity index is 1.47. The fourth-order valence-electron chi connectivity index (χ4n) is 5.88.